The molecule has 1 saturated heterocycles. The van der Waals surface area contributed by atoms with Crippen molar-refractivity contribution in [3.8, 4) is 0 Å². The third-order valence-electron chi connectivity index (χ3n) is 7.03. The fraction of sp³-hybridized carbons (Fsp3) is 0.179. The van der Waals surface area contributed by atoms with E-state index in [9.17, 15) is 32.3 Å². The molecule has 3 unspecified atom stereocenters. The molecule has 2 aromatic carbocycles. The van der Waals surface area contributed by atoms with E-state index >= 15 is 0 Å². The zero-order valence-electron chi connectivity index (χ0n) is 21.5. The number of amides is 3. The summed E-state index contributed by atoms with van der Waals surface area (Å²) >= 11 is 13.8. The Bertz CT molecular complexity index is 1850. The van der Waals surface area contributed by atoms with Gasteiger partial charge in [0.25, 0.3) is 0 Å². The van der Waals surface area contributed by atoms with Gasteiger partial charge in [0.2, 0.25) is 17.7 Å². The zero-order valence-corrected chi connectivity index (χ0v) is 24.6. The van der Waals surface area contributed by atoms with Crippen molar-refractivity contribution in [1.82, 2.24) is 9.55 Å². The van der Waals surface area contributed by atoms with E-state index in [4.69, 9.17) is 23.2 Å². The van der Waals surface area contributed by atoms with E-state index < -0.39 is 58.0 Å². The quantitative estimate of drug-likeness (QED) is 0.260. The number of rotatable bonds is 5. The van der Waals surface area contributed by atoms with Gasteiger partial charge in [-0.1, -0.05) is 58.4 Å². The molecule has 6 rings (SSSR count). The summed E-state index contributed by atoms with van der Waals surface area (Å²) in [5, 5.41) is 2.42. The first-order chi connectivity index (χ1) is 20.4. The average molecular weight is 666 g/mol. The number of fused-ring (bicyclic) bond motifs is 2. The minimum Gasteiger partial charge on any atom is -0.324 e. The molecule has 0 spiro atoms. The molecule has 0 bridgehead atoms. The predicted octanol–water partition coefficient (Wildman–Crippen LogP) is 6.06. The molecule has 8 nitrogen and oxygen atoms in total. The maximum absolute atomic E-state index is 13.9. The van der Waals surface area contributed by atoms with Crippen molar-refractivity contribution in [2.75, 3.05) is 10.2 Å². The first kappa shape index (κ1) is 29.4. The average Bonchev–Trinajstić information content (AvgIpc) is 3.41. The summed E-state index contributed by atoms with van der Waals surface area (Å²) in [6.45, 7) is -0.408. The normalized spacial score (nSPS) is 19.7. The van der Waals surface area contributed by atoms with Crippen molar-refractivity contribution in [2.24, 2.45) is 5.92 Å². The minimum atomic E-state index is -4.68. The minimum absolute atomic E-state index is 0.202. The molecule has 0 aliphatic carbocycles. The Kier molecular flexibility index (Phi) is 7.61. The highest BCUT2D eigenvalue weighted by atomic mass is 35.5. The number of pyridine rings is 1. The third-order valence-corrected chi connectivity index (χ3v) is 10.4. The van der Waals surface area contributed by atoms with Gasteiger partial charge in [0.05, 0.1) is 32.2 Å². The highest BCUT2D eigenvalue weighted by Gasteiger charge is 2.57. The summed E-state index contributed by atoms with van der Waals surface area (Å²) < 4.78 is 41.6. The molecule has 0 saturated carbocycles. The van der Waals surface area contributed by atoms with Gasteiger partial charge in [-0.3, -0.25) is 28.7 Å². The number of alkyl halides is 3. The van der Waals surface area contributed by atoms with Crippen LogP contribution in [0, 0.1) is 5.92 Å². The Labute approximate surface area is 259 Å². The highest BCUT2D eigenvalue weighted by molar-refractivity contribution is 8.00. The summed E-state index contributed by atoms with van der Waals surface area (Å²) in [5.41, 5.74) is -0.310. The SMILES string of the molecule is O=C(Cn1c2c(sc1=O)C(c1cccnc1)C1C(=O)N(c3cccc(C(F)(F)F)c3)C(=O)C1S2)Nc1ccc(Cl)c(Cl)c1. The molecule has 2 aromatic heterocycles. The van der Waals surface area contributed by atoms with Crippen LogP contribution in [-0.2, 0) is 27.1 Å². The topological polar surface area (TPSA) is 101 Å². The van der Waals surface area contributed by atoms with E-state index in [1.165, 1.54) is 35.2 Å². The molecule has 1 fully saturated rings. The van der Waals surface area contributed by atoms with Crippen molar-refractivity contribution >= 4 is 75.4 Å². The van der Waals surface area contributed by atoms with Gasteiger partial charge in [-0.15, -0.1) is 0 Å². The number of benzene rings is 2. The lowest BCUT2D eigenvalue weighted by Gasteiger charge is -2.30. The number of halogens is 5. The van der Waals surface area contributed by atoms with Gasteiger partial charge in [0, 0.05) is 28.9 Å². The summed E-state index contributed by atoms with van der Waals surface area (Å²) in [4.78, 5) is 58.7. The Morgan fingerprint density at radius 1 is 1.00 bits per heavy atom. The molecule has 0 radical (unpaired) electrons. The van der Waals surface area contributed by atoms with Crippen LogP contribution >= 0.6 is 46.3 Å². The van der Waals surface area contributed by atoms with Gasteiger partial charge in [-0.2, -0.15) is 13.2 Å². The first-order valence-corrected chi connectivity index (χ1v) is 15.0. The first-order valence-electron chi connectivity index (χ1n) is 12.5. The predicted molar refractivity (Wildman–Crippen MR) is 157 cm³/mol. The van der Waals surface area contributed by atoms with Crippen LogP contribution in [0.25, 0.3) is 0 Å². The van der Waals surface area contributed by atoms with Crippen molar-refractivity contribution in [2.45, 2.75) is 28.9 Å². The molecule has 3 atom stereocenters. The van der Waals surface area contributed by atoms with E-state index in [2.05, 4.69) is 10.3 Å². The second-order valence-electron chi connectivity index (χ2n) is 9.69. The lowest BCUT2D eigenvalue weighted by molar-refractivity contribution is -0.137. The van der Waals surface area contributed by atoms with Crippen molar-refractivity contribution in [3.63, 3.8) is 0 Å². The van der Waals surface area contributed by atoms with Crippen molar-refractivity contribution in [1.29, 1.82) is 0 Å². The van der Waals surface area contributed by atoms with Crippen LogP contribution in [0.4, 0.5) is 24.5 Å². The molecular formula is C28H17Cl2F3N4O4S2. The van der Waals surface area contributed by atoms with Crippen molar-refractivity contribution < 1.29 is 27.6 Å². The Balaban J connectivity index is 1.39. The maximum atomic E-state index is 13.9. The summed E-state index contributed by atoms with van der Waals surface area (Å²) in [7, 11) is 0. The molecular weight excluding hydrogens is 648 g/mol. The molecule has 43 heavy (non-hydrogen) atoms. The molecule has 2 aliphatic rings. The maximum Gasteiger partial charge on any atom is 0.416 e. The smallest absolute Gasteiger partial charge is 0.324 e. The number of thiazole rings is 1. The fourth-order valence-electron chi connectivity index (χ4n) is 5.17. The zero-order chi connectivity index (χ0) is 30.6. The number of imide groups is 1. The second kappa shape index (κ2) is 11.1. The van der Waals surface area contributed by atoms with E-state index in [0.717, 1.165) is 46.2 Å². The van der Waals surface area contributed by atoms with Gasteiger partial charge in [0.15, 0.2) is 0 Å². The number of nitrogens with zero attached hydrogens (tertiary/aromatic N) is 3. The number of nitrogens with one attached hydrogen (secondary N) is 1. The van der Waals surface area contributed by atoms with Gasteiger partial charge < -0.3 is 5.32 Å². The highest BCUT2D eigenvalue weighted by Crippen LogP contribution is 2.54. The monoisotopic (exact) mass is 664 g/mol. The number of aromatic nitrogens is 2. The van der Waals surface area contributed by atoms with E-state index in [-0.39, 0.29) is 10.7 Å². The Morgan fingerprint density at radius 3 is 2.49 bits per heavy atom. The van der Waals surface area contributed by atoms with Gasteiger partial charge in [-0.05, 0) is 48.0 Å². The molecule has 2 aliphatic heterocycles. The second-order valence-corrected chi connectivity index (χ2v) is 12.6. The molecule has 4 heterocycles. The van der Waals surface area contributed by atoms with Crippen LogP contribution in [0.1, 0.15) is 21.9 Å². The lowest BCUT2D eigenvalue weighted by atomic mass is 9.84. The van der Waals surface area contributed by atoms with Crippen LogP contribution in [0.3, 0.4) is 0 Å². The van der Waals surface area contributed by atoms with E-state index in [1.54, 1.807) is 18.2 Å². The molecule has 1 N–H and O–H groups in total. The van der Waals surface area contributed by atoms with E-state index in [1.807, 2.05) is 0 Å². The van der Waals surface area contributed by atoms with Gasteiger partial charge in [0.1, 0.15) is 11.8 Å². The summed E-state index contributed by atoms with van der Waals surface area (Å²) in [6, 6.07) is 11.9. The third kappa shape index (κ3) is 5.35. The van der Waals surface area contributed by atoms with Crippen LogP contribution in [0.5, 0.6) is 0 Å². The Hall–Kier alpha value is -3.65. The van der Waals surface area contributed by atoms with Gasteiger partial charge >= 0.3 is 11.0 Å². The number of hydrogen-bond donors (Lipinski definition) is 1. The molecule has 220 valence electrons. The number of thioether (sulfide) groups is 1. The lowest BCUT2D eigenvalue weighted by Crippen LogP contribution is -2.33. The summed E-state index contributed by atoms with van der Waals surface area (Å²) in [6.07, 6.45) is -1.64. The number of anilines is 2. The van der Waals surface area contributed by atoms with Crippen LogP contribution in [0.15, 0.2) is 76.8 Å². The summed E-state index contributed by atoms with van der Waals surface area (Å²) in [5.74, 6) is -3.80. The standard InChI is InChI=1S/C28H17Cl2F3N4O4S2/c29-17-7-6-15(10-18(17)30)35-19(38)12-36-26-23(43-27(36)41)20(13-3-2-8-34-11-13)21-22(42-26)25(40)37(24(21)39)16-5-1-4-14(9-16)28(31,32)33/h1-11,20-22H,12H2,(H,35,38). The van der Waals surface area contributed by atoms with Crippen LogP contribution in [0.2, 0.25) is 10.0 Å². The van der Waals surface area contributed by atoms with E-state index in [0.29, 0.717) is 26.2 Å². The fourth-order valence-corrected chi connectivity index (χ4v) is 8.24. The Morgan fingerprint density at radius 2 is 1.79 bits per heavy atom. The number of hydrogen-bond acceptors (Lipinski definition) is 7. The molecule has 15 heteroatoms. The van der Waals surface area contributed by atoms with Crippen LogP contribution < -0.4 is 15.1 Å². The van der Waals surface area contributed by atoms with Crippen molar-refractivity contribution in [3.05, 3.63) is 103 Å². The number of carbonyl (C=O) groups is 3. The number of carbonyl (C=O) groups excluding carboxylic acids is 3. The molecule has 4 aromatic rings. The molecule has 3 amide bonds. The van der Waals surface area contributed by atoms with Gasteiger partial charge in [-0.25, -0.2) is 4.90 Å². The largest absolute Gasteiger partial charge is 0.416 e. The van der Waals surface area contributed by atoms with Crippen LogP contribution in [-0.4, -0.2) is 32.5 Å².